The molecule has 0 bridgehead atoms. The quantitative estimate of drug-likeness (QED) is 0.246. The van der Waals surface area contributed by atoms with Gasteiger partial charge in [0.1, 0.15) is 51.3 Å². The normalized spacial score (nSPS) is 22.2. The lowest BCUT2D eigenvalue weighted by molar-refractivity contribution is -0.147. The van der Waals surface area contributed by atoms with Gasteiger partial charge in [0.15, 0.2) is 0 Å². The first-order valence-corrected chi connectivity index (χ1v) is 15.8. The smallest absolute Gasteiger partial charge is 0.411 e. The Morgan fingerprint density at radius 1 is 1.15 bits per heavy atom. The standard InChI is InChI=1S/C33H38N4O8S/c1-8-19-15-33(19,30(40)43-7)36-29(39)26-13-21(16-37(26)31(41)45-32(3,4)5)44-27-14-24(25-17-46-28(35-25)11-18(2)38)34-23-12-20(42-6)9-10-22(23)27/h8-10,12,14,17,19,21,26H,1,11,13,15-16H2,2-7H3,(H,36,39). The number of nitrogens with one attached hydrogen (secondary N) is 1. The molecule has 2 aliphatic rings. The van der Waals surface area contributed by atoms with Gasteiger partial charge in [0, 0.05) is 35.2 Å². The molecule has 1 aromatic carbocycles. The first-order valence-electron chi connectivity index (χ1n) is 14.9. The van der Waals surface area contributed by atoms with Crippen LogP contribution in [0.3, 0.4) is 0 Å². The molecular weight excluding hydrogens is 612 g/mol. The number of ketones is 1. The maximum atomic E-state index is 13.7. The number of rotatable bonds is 10. The number of ether oxygens (including phenoxy) is 4. The molecule has 3 heterocycles. The molecule has 1 aliphatic carbocycles. The Hall–Kier alpha value is -4.52. The van der Waals surface area contributed by atoms with E-state index in [0.29, 0.717) is 45.2 Å². The van der Waals surface area contributed by atoms with Crippen molar-refractivity contribution in [2.45, 2.75) is 70.2 Å². The van der Waals surface area contributed by atoms with E-state index >= 15 is 0 Å². The number of amides is 2. The monoisotopic (exact) mass is 650 g/mol. The highest BCUT2D eigenvalue weighted by molar-refractivity contribution is 7.10. The lowest BCUT2D eigenvalue weighted by Crippen LogP contribution is -2.53. The fraction of sp³-hybridized carbons (Fsp3) is 0.455. The Morgan fingerprint density at radius 3 is 2.54 bits per heavy atom. The first-order chi connectivity index (χ1) is 21.8. The Bertz CT molecular complexity index is 1700. The van der Waals surface area contributed by atoms with E-state index in [1.54, 1.807) is 52.2 Å². The number of carbonyl (C=O) groups excluding carboxylic acids is 4. The summed E-state index contributed by atoms with van der Waals surface area (Å²) < 4.78 is 22.6. The predicted octanol–water partition coefficient (Wildman–Crippen LogP) is 4.49. The number of benzene rings is 1. The van der Waals surface area contributed by atoms with Crippen LogP contribution in [0.4, 0.5) is 4.79 Å². The summed E-state index contributed by atoms with van der Waals surface area (Å²) in [5, 5.41) is 6.04. The number of methoxy groups -OCH3 is 2. The minimum absolute atomic E-state index is 0.00898. The Labute approximate surface area is 271 Å². The molecule has 46 heavy (non-hydrogen) atoms. The van der Waals surface area contributed by atoms with Crippen molar-refractivity contribution in [1.29, 1.82) is 0 Å². The summed E-state index contributed by atoms with van der Waals surface area (Å²) in [5.41, 5.74) is -0.324. The van der Waals surface area contributed by atoms with Gasteiger partial charge < -0.3 is 24.3 Å². The van der Waals surface area contributed by atoms with Crippen LogP contribution in [-0.2, 0) is 30.3 Å². The van der Waals surface area contributed by atoms with Crippen LogP contribution in [0.25, 0.3) is 22.3 Å². The van der Waals surface area contributed by atoms with Gasteiger partial charge in [-0.1, -0.05) is 6.08 Å². The third-order valence-electron chi connectivity index (χ3n) is 7.88. The molecule has 1 saturated heterocycles. The van der Waals surface area contributed by atoms with Crippen molar-refractivity contribution in [1.82, 2.24) is 20.2 Å². The summed E-state index contributed by atoms with van der Waals surface area (Å²) in [6.45, 7) is 10.6. The van der Waals surface area contributed by atoms with Crippen molar-refractivity contribution >= 4 is 46.0 Å². The highest BCUT2D eigenvalue weighted by Crippen LogP contribution is 2.45. The zero-order chi connectivity index (χ0) is 33.4. The Kier molecular flexibility index (Phi) is 9.07. The van der Waals surface area contributed by atoms with Gasteiger partial charge in [-0.3, -0.25) is 14.5 Å². The third-order valence-corrected chi connectivity index (χ3v) is 8.72. The number of hydrogen-bond acceptors (Lipinski definition) is 11. The van der Waals surface area contributed by atoms with Gasteiger partial charge >= 0.3 is 12.1 Å². The molecule has 2 aromatic heterocycles. The highest BCUT2D eigenvalue weighted by atomic mass is 32.1. The van der Waals surface area contributed by atoms with Crippen LogP contribution in [-0.4, -0.2) is 82.7 Å². The van der Waals surface area contributed by atoms with Gasteiger partial charge in [0.05, 0.1) is 38.4 Å². The molecule has 1 aliphatic heterocycles. The number of Topliss-reactive ketones (excluding diaryl/α,β-unsaturated/α-hetero) is 1. The molecule has 2 fully saturated rings. The molecule has 3 aromatic rings. The molecule has 13 heteroatoms. The van der Waals surface area contributed by atoms with E-state index in [2.05, 4.69) is 16.9 Å². The number of aromatic nitrogens is 2. The molecule has 0 radical (unpaired) electrons. The molecule has 0 spiro atoms. The average Bonchev–Trinajstić information content (AvgIpc) is 3.28. The molecular formula is C33H38N4O8S. The summed E-state index contributed by atoms with van der Waals surface area (Å²) in [4.78, 5) is 62.2. The van der Waals surface area contributed by atoms with Gasteiger partial charge in [-0.05, 0) is 46.2 Å². The third kappa shape index (κ3) is 6.84. The molecule has 5 rings (SSSR count). The maximum absolute atomic E-state index is 13.7. The van der Waals surface area contributed by atoms with Crippen molar-refractivity contribution in [2.24, 2.45) is 5.92 Å². The number of nitrogens with zero attached hydrogens (tertiary/aromatic N) is 3. The van der Waals surface area contributed by atoms with Crippen molar-refractivity contribution in [2.75, 3.05) is 20.8 Å². The SMILES string of the molecule is C=CC1CC1(NC(=O)C1CC(Oc2cc(-c3csc(CC(C)=O)n3)nc3cc(OC)ccc23)CN1C(=O)OC(C)(C)C)C(=O)OC. The molecule has 1 saturated carbocycles. The molecule has 4 atom stereocenters. The fourth-order valence-corrected chi connectivity index (χ4v) is 6.43. The number of fused-ring (bicyclic) bond motifs is 1. The van der Waals surface area contributed by atoms with E-state index in [1.807, 2.05) is 11.4 Å². The zero-order valence-corrected chi connectivity index (χ0v) is 27.6. The number of esters is 1. The van der Waals surface area contributed by atoms with E-state index in [0.717, 1.165) is 0 Å². The van der Waals surface area contributed by atoms with E-state index in [-0.39, 0.29) is 31.1 Å². The lowest BCUT2D eigenvalue weighted by Gasteiger charge is -2.28. The van der Waals surface area contributed by atoms with Crippen LogP contribution in [0.5, 0.6) is 11.5 Å². The van der Waals surface area contributed by atoms with Crippen LogP contribution in [0.2, 0.25) is 0 Å². The molecule has 244 valence electrons. The highest BCUT2D eigenvalue weighted by Gasteiger charge is 2.62. The number of pyridine rings is 1. The average molecular weight is 651 g/mol. The largest absolute Gasteiger partial charge is 0.497 e. The number of hydrogen-bond donors (Lipinski definition) is 1. The number of thiazole rings is 1. The summed E-state index contributed by atoms with van der Waals surface area (Å²) in [6.07, 6.45) is 1.04. The second-order valence-electron chi connectivity index (χ2n) is 12.5. The van der Waals surface area contributed by atoms with E-state index in [4.69, 9.17) is 23.9 Å². The topological polar surface area (TPSA) is 146 Å². The Morgan fingerprint density at radius 2 is 1.91 bits per heavy atom. The van der Waals surface area contributed by atoms with E-state index < -0.39 is 41.3 Å². The second kappa shape index (κ2) is 12.7. The predicted molar refractivity (Wildman–Crippen MR) is 171 cm³/mol. The van der Waals surface area contributed by atoms with E-state index in [1.165, 1.54) is 30.3 Å². The second-order valence-corrected chi connectivity index (χ2v) is 13.5. The van der Waals surface area contributed by atoms with Gasteiger partial charge in [0.2, 0.25) is 5.91 Å². The van der Waals surface area contributed by atoms with Crippen LogP contribution < -0.4 is 14.8 Å². The minimum Gasteiger partial charge on any atom is -0.497 e. The minimum atomic E-state index is -1.23. The van der Waals surface area contributed by atoms with Gasteiger partial charge in [-0.25, -0.2) is 19.6 Å². The summed E-state index contributed by atoms with van der Waals surface area (Å²) in [6, 6.07) is 6.19. The zero-order valence-electron chi connectivity index (χ0n) is 26.7. The Balaban J connectivity index is 1.47. The van der Waals surface area contributed by atoms with E-state index in [9.17, 15) is 19.2 Å². The van der Waals surface area contributed by atoms with Crippen molar-refractivity contribution in [3.05, 3.63) is 47.3 Å². The van der Waals surface area contributed by atoms with Crippen LogP contribution in [0.1, 0.15) is 45.5 Å². The van der Waals surface area contributed by atoms with Crippen LogP contribution >= 0.6 is 11.3 Å². The summed E-state index contributed by atoms with van der Waals surface area (Å²) in [5.74, 6) is -0.289. The fourth-order valence-electron chi connectivity index (χ4n) is 5.58. The van der Waals surface area contributed by atoms with Crippen LogP contribution in [0.15, 0.2) is 42.3 Å². The van der Waals surface area contributed by atoms with Gasteiger partial charge in [-0.15, -0.1) is 17.9 Å². The number of carbonyl (C=O) groups is 4. The summed E-state index contributed by atoms with van der Waals surface area (Å²) in [7, 11) is 2.83. The van der Waals surface area contributed by atoms with Gasteiger partial charge in [0.25, 0.3) is 0 Å². The molecule has 2 amide bonds. The van der Waals surface area contributed by atoms with Crippen molar-refractivity contribution in [3.63, 3.8) is 0 Å². The molecule has 4 unspecified atom stereocenters. The number of likely N-dealkylation sites (tertiary alicyclic amines) is 1. The van der Waals surface area contributed by atoms with Gasteiger partial charge in [-0.2, -0.15) is 0 Å². The molecule has 12 nitrogen and oxygen atoms in total. The van der Waals surface area contributed by atoms with Crippen molar-refractivity contribution < 1.29 is 38.1 Å². The lowest BCUT2D eigenvalue weighted by atomic mass is 10.1. The van der Waals surface area contributed by atoms with Crippen molar-refractivity contribution in [3.8, 4) is 22.9 Å². The van der Waals surface area contributed by atoms with Crippen LogP contribution in [0, 0.1) is 5.92 Å². The first kappa shape index (κ1) is 32.9. The summed E-state index contributed by atoms with van der Waals surface area (Å²) >= 11 is 1.37. The maximum Gasteiger partial charge on any atom is 0.411 e. The molecule has 1 N–H and O–H groups in total.